The second-order valence-electron chi connectivity index (χ2n) is 3.53. The van der Waals surface area contributed by atoms with E-state index in [1.54, 1.807) is 12.3 Å². The largest absolute Gasteiger partial charge is 0.435 e. The summed E-state index contributed by atoms with van der Waals surface area (Å²) in [5, 5.41) is 3.46. The lowest BCUT2D eigenvalue weighted by molar-refractivity contribution is -0.141. The number of rotatable bonds is 3. The number of hydrogen-bond donors (Lipinski definition) is 0. The van der Waals surface area contributed by atoms with Crippen LogP contribution in [0.2, 0.25) is 0 Å². The zero-order chi connectivity index (χ0) is 12.3. The molecule has 3 nitrogen and oxygen atoms in total. The van der Waals surface area contributed by atoms with Crippen LogP contribution < -0.4 is 0 Å². The summed E-state index contributed by atoms with van der Waals surface area (Å²) in [4.78, 5) is 4.09. The lowest BCUT2D eigenvalue weighted by Crippen LogP contribution is -2.09. The van der Waals surface area contributed by atoms with Gasteiger partial charge >= 0.3 is 6.18 Å². The molecule has 2 aromatic heterocycles. The zero-order valence-electron chi connectivity index (χ0n) is 8.85. The smallest absolute Gasteiger partial charge is 0.272 e. The average Bonchev–Trinajstić information content (AvgIpc) is 2.76. The predicted octanol–water partition coefficient (Wildman–Crippen LogP) is 2.54. The van der Waals surface area contributed by atoms with E-state index >= 15 is 0 Å². The van der Waals surface area contributed by atoms with Crippen LogP contribution in [-0.2, 0) is 19.1 Å². The molecular formula is C11H10F3N3. The van der Waals surface area contributed by atoms with E-state index in [0.717, 1.165) is 11.8 Å². The van der Waals surface area contributed by atoms with E-state index in [1.807, 2.05) is 12.1 Å². The molecule has 17 heavy (non-hydrogen) atoms. The van der Waals surface area contributed by atoms with Gasteiger partial charge in [-0.3, -0.25) is 9.67 Å². The Kier molecular flexibility index (Phi) is 3.12. The van der Waals surface area contributed by atoms with E-state index in [9.17, 15) is 13.2 Å². The Bertz CT molecular complexity index is 476. The van der Waals surface area contributed by atoms with Crippen molar-refractivity contribution in [1.29, 1.82) is 0 Å². The second kappa shape index (κ2) is 4.57. The highest BCUT2D eigenvalue weighted by Crippen LogP contribution is 2.27. The van der Waals surface area contributed by atoms with Gasteiger partial charge in [0.15, 0.2) is 5.69 Å². The van der Waals surface area contributed by atoms with Crippen molar-refractivity contribution in [3.63, 3.8) is 0 Å². The number of pyridine rings is 1. The first kappa shape index (κ1) is 11.6. The Morgan fingerprint density at radius 2 is 2.00 bits per heavy atom. The summed E-state index contributed by atoms with van der Waals surface area (Å²) in [6.45, 7) is 0.382. The summed E-state index contributed by atoms with van der Waals surface area (Å²) >= 11 is 0. The highest BCUT2D eigenvalue weighted by Gasteiger charge is 2.33. The molecule has 0 bridgehead atoms. The standard InChI is InChI=1S/C11H10F3N3/c12-11(13,14)10-5-8-17(16-10)7-4-9-3-1-2-6-15-9/h1-3,5-6,8H,4,7H2. The highest BCUT2D eigenvalue weighted by molar-refractivity contribution is 5.05. The Morgan fingerprint density at radius 1 is 1.18 bits per heavy atom. The van der Waals surface area contributed by atoms with Gasteiger partial charge in [-0.15, -0.1) is 0 Å². The molecule has 0 fully saturated rings. The maximum atomic E-state index is 12.3. The first-order valence-electron chi connectivity index (χ1n) is 5.06. The van der Waals surface area contributed by atoms with Crippen molar-refractivity contribution in [2.24, 2.45) is 0 Å². The molecule has 0 unspecified atom stereocenters. The molecule has 0 saturated heterocycles. The molecule has 2 heterocycles. The van der Waals surface area contributed by atoms with Crippen molar-refractivity contribution in [2.45, 2.75) is 19.1 Å². The van der Waals surface area contributed by atoms with Gasteiger partial charge in [0, 0.05) is 31.1 Å². The van der Waals surface area contributed by atoms with E-state index < -0.39 is 11.9 Å². The minimum atomic E-state index is -4.38. The van der Waals surface area contributed by atoms with E-state index in [0.29, 0.717) is 13.0 Å². The fourth-order valence-electron chi connectivity index (χ4n) is 1.41. The topological polar surface area (TPSA) is 30.7 Å². The lowest BCUT2D eigenvalue weighted by Gasteiger charge is -2.02. The summed E-state index contributed by atoms with van der Waals surface area (Å²) in [5.41, 5.74) is -0.0323. The second-order valence-corrected chi connectivity index (χ2v) is 3.53. The summed E-state index contributed by atoms with van der Waals surface area (Å²) in [5.74, 6) is 0. The van der Waals surface area contributed by atoms with Gasteiger partial charge in [0.2, 0.25) is 0 Å². The molecule has 0 aromatic carbocycles. The van der Waals surface area contributed by atoms with E-state index in [-0.39, 0.29) is 0 Å². The average molecular weight is 241 g/mol. The number of halogens is 3. The first-order chi connectivity index (χ1) is 8.05. The van der Waals surface area contributed by atoms with E-state index in [1.165, 1.54) is 10.9 Å². The Hall–Kier alpha value is -1.85. The minimum Gasteiger partial charge on any atom is -0.272 e. The van der Waals surface area contributed by atoms with Gasteiger partial charge in [0.05, 0.1) is 0 Å². The van der Waals surface area contributed by atoms with Gasteiger partial charge < -0.3 is 0 Å². The summed E-state index contributed by atoms with van der Waals surface area (Å²) < 4.78 is 38.1. The fraction of sp³-hybridized carbons (Fsp3) is 0.273. The van der Waals surface area contributed by atoms with Crippen molar-refractivity contribution in [3.05, 3.63) is 48.0 Å². The predicted molar refractivity (Wildman–Crippen MR) is 55.2 cm³/mol. The molecule has 0 atom stereocenters. The van der Waals surface area contributed by atoms with Crippen molar-refractivity contribution < 1.29 is 13.2 Å². The number of aromatic nitrogens is 3. The van der Waals surface area contributed by atoms with Crippen molar-refractivity contribution in [1.82, 2.24) is 14.8 Å². The number of aryl methyl sites for hydroxylation is 2. The Balaban J connectivity index is 1.99. The van der Waals surface area contributed by atoms with Crippen LogP contribution in [0, 0.1) is 0 Å². The summed E-state index contributed by atoms with van der Waals surface area (Å²) in [7, 11) is 0. The molecule has 0 amide bonds. The lowest BCUT2D eigenvalue weighted by atomic mass is 10.3. The van der Waals surface area contributed by atoms with E-state index in [4.69, 9.17) is 0 Å². The first-order valence-corrected chi connectivity index (χ1v) is 5.06. The third-order valence-corrected chi connectivity index (χ3v) is 2.25. The van der Waals surface area contributed by atoms with E-state index in [2.05, 4.69) is 10.1 Å². The monoisotopic (exact) mass is 241 g/mol. The zero-order valence-corrected chi connectivity index (χ0v) is 8.85. The van der Waals surface area contributed by atoms with Crippen molar-refractivity contribution in [2.75, 3.05) is 0 Å². The van der Waals surface area contributed by atoms with Crippen LogP contribution >= 0.6 is 0 Å². The molecule has 0 aliphatic carbocycles. The van der Waals surface area contributed by atoms with Crippen molar-refractivity contribution >= 4 is 0 Å². The molecule has 2 rings (SSSR count). The minimum absolute atomic E-state index is 0.382. The molecular weight excluding hydrogens is 231 g/mol. The molecule has 0 aliphatic heterocycles. The Labute approximate surface area is 95.9 Å². The number of hydrogen-bond acceptors (Lipinski definition) is 2. The molecule has 6 heteroatoms. The third-order valence-electron chi connectivity index (χ3n) is 2.25. The van der Waals surface area contributed by atoms with Gasteiger partial charge in [-0.1, -0.05) is 6.07 Å². The van der Waals surface area contributed by atoms with Crippen LogP contribution in [0.25, 0.3) is 0 Å². The highest BCUT2D eigenvalue weighted by atomic mass is 19.4. The van der Waals surface area contributed by atoms with Crippen LogP contribution in [0.5, 0.6) is 0 Å². The third kappa shape index (κ3) is 3.05. The Morgan fingerprint density at radius 3 is 2.59 bits per heavy atom. The van der Waals surface area contributed by atoms with Crippen LogP contribution in [-0.4, -0.2) is 14.8 Å². The SMILES string of the molecule is FC(F)(F)c1ccn(CCc2ccccn2)n1. The number of alkyl halides is 3. The van der Waals surface area contributed by atoms with Gasteiger partial charge in [-0.2, -0.15) is 18.3 Å². The quantitative estimate of drug-likeness (QED) is 0.826. The van der Waals surface area contributed by atoms with Gasteiger partial charge in [0.25, 0.3) is 0 Å². The molecule has 0 radical (unpaired) electrons. The van der Waals surface area contributed by atoms with Crippen LogP contribution in [0.3, 0.4) is 0 Å². The van der Waals surface area contributed by atoms with Gasteiger partial charge in [-0.05, 0) is 18.2 Å². The maximum Gasteiger partial charge on any atom is 0.435 e. The van der Waals surface area contributed by atoms with Crippen LogP contribution in [0.15, 0.2) is 36.7 Å². The summed E-state index contributed by atoms with van der Waals surface area (Å²) in [6.07, 6.45) is -0.846. The van der Waals surface area contributed by atoms with Crippen molar-refractivity contribution in [3.8, 4) is 0 Å². The molecule has 90 valence electrons. The van der Waals surface area contributed by atoms with Crippen LogP contribution in [0.1, 0.15) is 11.4 Å². The normalized spacial score (nSPS) is 11.7. The summed E-state index contributed by atoms with van der Waals surface area (Å²) in [6, 6.07) is 6.43. The molecule has 2 aromatic rings. The molecule has 0 aliphatic rings. The fourth-order valence-corrected chi connectivity index (χ4v) is 1.41. The molecule has 0 spiro atoms. The van der Waals surface area contributed by atoms with Gasteiger partial charge in [0.1, 0.15) is 0 Å². The number of nitrogens with zero attached hydrogens (tertiary/aromatic N) is 3. The van der Waals surface area contributed by atoms with Gasteiger partial charge in [-0.25, -0.2) is 0 Å². The van der Waals surface area contributed by atoms with Crippen LogP contribution in [0.4, 0.5) is 13.2 Å². The molecule has 0 saturated carbocycles. The maximum absolute atomic E-state index is 12.3. The molecule has 0 N–H and O–H groups in total.